The highest BCUT2D eigenvalue weighted by atomic mass is 16.5. The summed E-state index contributed by atoms with van der Waals surface area (Å²) in [5.74, 6) is 0.869. The van der Waals surface area contributed by atoms with Crippen molar-refractivity contribution in [3.8, 4) is 5.75 Å². The SMILES string of the molecule is Cc1ccc2c(c1)CCN[C]2Oc1ccccc1. The lowest BCUT2D eigenvalue weighted by Crippen LogP contribution is -2.34. The number of ether oxygens (including phenoxy) is 1. The zero-order valence-corrected chi connectivity index (χ0v) is 10.4. The Labute approximate surface area is 108 Å². The van der Waals surface area contributed by atoms with Gasteiger partial charge in [0.15, 0.2) is 0 Å². The summed E-state index contributed by atoms with van der Waals surface area (Å²) in [6.45, 7) is 3.05. The van der Waals surface area contributed by atoms with Crippen LogP contribution in [0.15, 0.2) is 48.5 Å². The molecule has 0 fully saturated rings. The summed E-state index contributed by atoms with van der Waals surface area (Å²) in [7, 11) is 0. The van der Waals surface area contributed by atoms with Gasteiger partial charge in [0.2, 0.25) is 6.23 Å². The maximum Gasteiger partial charge on any atom is 0.245 e. The third kappa shape index (κ3) is 2.24. The van der Waals surface area contributed by atoms with Crippen molar-refractivity contribution in [1.29, 1.82) is 0 Å². The van der Waals surface area contributed by atoms with Crippen LogP contribution in [0, 0.1) is 13.2 Å². The minimum absolute atomic E-state index is 0.863. The molecule has 1 N–H and O–H groups in total. The first-order valence-corrected chi connectivity index (χ1v) is 6.26. The summed E-state index contributed by atoms with van der Waals surface area (Å²) in [5.41, 5.74) is 3.84. The number of para-hydroxylation sites is 1. The molecule has 0 amide bonds. The van der Waals surface area contributed by atoms with Crippen LogP contribution in [0.25, 0.3) is 0 Å². The largest absolute Gasteiger partial charge is 0.462 e. The number of nitrogens with one attached hydrogen (secondary N) is 1. The van der Waals surface area contributed by atoms with E-state index in [0.29, 0.717) is 0 Å². The number of hydrogen-bond donors (Lipinski definition) is 1. The van der Waals surface area contributed by atoms with Crippen LogP contribution < -0.4 is 10.1 Å². The topological polar surface area (TPSA) is 21.3 Å². The predicted octanol–water partition coefficient (Wildman–Crippen LogP) is 3.06. The van der Waals surface area contributed by atoms with E-state index in [4.69, 9.17) is 4.74 Å². The van der Waals surface area contributed by atoms with Gasteiger partial charge in [0.05, 0.1) is 0 Å². The zero-order valence-electron chi connectivity index (χ0n) is 10.4. The molecule has 2 aromatic rings. The summed E-state index contributed by atoms with van der Waals surface area (Å²) >= 11 is 0. The first-order chi connectivity index (χ1) is 8.83. The van der Waals surface area contributed by atoms with E-state index in [0.717, 1.165) is 24.9 Å². The lowest BCUT2D eigenvalue weighted by atomic mass is 9.97. The first-order valence-electron chi connectivity index (χ1n) is 6.26. The molecule has 0 saturated heterocycles. The van der Waals surface area contributed by atoms with Crippen LogP contribution in [-0.4, -0.2) is 6.54 Å². The standard InChI is InChI=1S/C16H16NO/c1-12-7-8-15-13(11-12)9-10-17-16(15)18-14-5-3-2-4-6-14/h2-8,11,17H,9-10H2,1H3. The Hall–Kier alpha value is -1.80. The Kier molecular flexibility index (Phi) is 3.03. The van der Waals surface area contributed by atoms with E-state index in [2.05, 4.69) is 30.4 Å². The number of aryl methyl sites for hydroxylation is 1. The van der Waals surface area contributed by atoms with Gasteiger partial charge in [-0.05, 0) is 31.0 Å². The molecule has 18 heavy (non-hydrogen) atoms. The van der Waals surface area contributed by atoms with Gasteiger partial charge in [0.25, 0.3) is 0 Å². The molecule has 0 bridgehead atoms. The van der Waals surface area contributed by atoms with Gasteiger partial charge < -0.3 is 4.74 Å². The number of fused-ring (bicyclic) bond motifs is 1. The molecule has 0 unspecified atom stereocenters. The Balaban J connectivity index is 1.87. The second kappa shape index (κ2) is 4.83. The van der Waals surface area contributed by atoms with Gasteiger partial charge in [0, 0.05) is 12.1 Å². The van der Waals surface area contributed by atoms with E-state index in [-0.39, 0.29) is 0 Å². The number of rotatable bonds is 2. The molecule has 3 rings (SSSR count). The highest BCUT2D eigenvalue weighted by Gasteiger charge is 2.22. The van der Waals surface area contributed by atoms with Gasteiger partial charge in [-0.1, -0.05) is 42.0 Å². The van der Waals surface area contributed by atoms with Gasteiger partial charge >= 0.3 is 0 Å². The third-order valence-corrected chi connectivity index (χ3v) is 3.15. The molecule has 1 aliphatic heterocycles. The summed E-state index contributed by atoms with van der Waals surface area (Å²) in [4.78, 5) is 0. The van der Waals surface area contributed by atoms with Crippen LogP contribution in [-0.2, 0) is 6.42 Å². The van der Waals surface area contributed by atoms with Crippen LogP contribution in [0.2, 0.25) is 0 Å². The molecule has 1 heterocycles. The van der Waals surface area contributed by atoms with Crippen molar-refractivity contribution in [3.63, 3.8) is 0 Å². The summed E-state index contributed by atoms with van der Waals surface area (Å²) in [5, 5.41) is 3.34. The van der Waals surface area contributed by atoms with Crippen molar-refractivity contribution in [2.45, 2.75) is 13.3 Å². The Morgan fingerprint density at radius 3 is 2.72 bits per heavy atom. The molecule has 0 aromatic heterocycles. The quantitative estimate of drug-likeness (QED) is 0.868. The summed E-state index contributed by atoms with van der Waals surface area (Å²) in [6.07, 6.45) is 1.92. The molecule has 0 atom stereocenters. The van der Waals surface area contributed by atoms with E-state index in [1.165, 1.54) is 16.7 Å². The second-order valence-electron chi connectivity index (χ2n) is 4.58. The van der Waals surface area contributed by atoms with Crippen molar-refractivity contribution >= 4 is 0 Å². The summed E-state index contributed by atoms with van der Waals surface area (Å²) < 4.78 is 5.93. The van der Waals surface area contributed by atoms with E-state index < -0.39 is 0 Å². The minimum atomic E-state index is 0.863. The average molecular weight is 238 g/mol. The van der Waals surface area contributed by atoms with E-state index in [9.17, 15) is 0 Å². The van der Waals surface area contributed by atoms with Crippen LogP contribution in [0.4, 0.5) is 0 Å². The molecule has 0 saturated carbocycles. The van der Waals surface area contributed by atoms with Crippen LogP contribution in [0.1, 0.15) is 16.7 Å². The third-order valence-electron chi connectivity index (χ3n) is 3.15. The maximum absolute atomic E-state index is 5.93. The molecule has 2 heteroatoms. The maximum atomic E-state index is 5.93. The Morgan fingerprint density at radius 2 is 1.89 bits per heavy atom. The first kappa shape index (κ1) is 11.3. The lowest BCUT2D eigenvalue weighted by molar-refractivity contribution is 0.299. The molecule has 1 radical (unpaired) electrons. The molecule has 91 valence electrons. The minimum Gasteiger partial charge on any atom is -0.462 e. The lowest BCUT2D eigenvalue weighted by Gasteiger charge is -2.26. The van der Waals surface area contributed by atoms with Gasteiger partial charge in [-0.15, -0.1) is 0 Å². The fourth-order valence-corrected chi connectivity index (χ4v) is 2.25. The van der Waals surface area contributed by atoms with Gasteiger partial charge in [-0.3, -0.25) is 5.32 Å². The molecular weight excluding hydrogens is 222 g/mol. The average Bonchev–Trinajstić information content (AvgIpc) is 2.40. The van der Waals surface area contributed by atoms with Crippen LogP contribution in [0.5, 0.6) is 5.75 Å². The highest BCUT2D eigenvalue weighted by Crippen LogP contribution is 2.25. The van der Waals surface area contributed by atoms with Crippen molar-refractivity contribution in [2.24, 2.45) is 0 Å². The smallest absolute Gasteiger partial charge is 0.245 e. The van der Waals surface area contributed by atoms with Crippen LogP contribution in [0.3, 0.4) is 0 Å². The van der Waals surface area contributed by atoms with Crippen molar-refractivity contribution < 1.29 is 4.74 Å². The van der Waals surface area contributed by atoms with Gasteiger partial charge in [-0.25, -0.2) is 0 Å². The van der Waals surface area contributed by atoms with Crippen molar-refractivity contribution in [3.05, 3.63) is 71.4 Å². The summed E-state index contributed by atoms with van der Waals surface area (Å²) in [6, 6.07) is 16.4. The molecule has 2 nitrogen and oxygen atoms in total. The van der Waals surface area contributed by atoms with Gasteiger partial charge in [-0.2, -0.15) is 0 Å². The Morgan fingerprint density at radius 1 is 1.06 bits per heavy atom. The van der Waals surface area contributed by atoms with Gasteiger partial charge in [0.1, 0.15) is 5.75 Å². The second-order valence-corrected chi connectivity index (χ2v) is 4.58. The number of hydrogen-bond acceptors (Lipinski definition) is 2. The highest BCUT2D eigenvalue weighted by molar-refractivity contribution is 5.42. The van der Waals surface area contributed by atoms with E-state index in [1.54, 1.807) is 0 Å². The molecule has 0 spiro atoms. The normalized spacial score (nSPS) is 15.2. The molecule has 1 aliphatic rings. The zero-order chi connectivity index (χ0) is 12.4. The van der Waals surface area contributed by atoms with Crippen LogP contribution >= 0.6 is 0 Å². The fraction of sp³-hybridized carbons (Fsp3) is 0.188. The monoisotopic (exact) mass is 238 g/mol. The molecule has 0 aliphatic carbocycles. The van der Waals surface area contributed by atoms with E-state index >= 15 is 0 Å². The Bertz CT molecular complexity index is 536. The van der Waals surface area contributed by atoms with Crippen molar-refractivity contribution in [1.82, 2.24) is 5.32 Å². The van der Waals surface area contributed by atoms with Crippen molar-refractivity contribution in [2.75, 3.05) is 6.54 Å². The predicted molar refractivity (Wildman–Crippen MR) is 72.3 cm³/mol. The fourth-order valence-electron chi connectivity index (χ4n) is 2.25. The number of benzene rings is 2. The molecule has 2 aromatic carbocycles. The van der Waals surface area contributed by atoms with E-state index in [1.807, 2.05) is 30.3 Å². The molecular formula is C16H16NO.